The van der Waals surface area contributed by atoms with Crippen LogP contribution in [0, 0.1) is 5.92 Å². The van der Waals surface area contributed by atoms with E-state index in [4.69, 9.17) is 4.74 Å². The molecule has 0 unspecified atom stereocenters. The summed E-state index contributed by atoms with van der Waals surface area (Å²) in [5.41, 5.74) is 3.67. The van der Waals surface area contributed by atoms with Crippen LogP contribution < -0.4 is 4.74 Å². The van der Waals surface area contributed by atoms with Crippen molar-refractivity contribution in [3.63, 3.8) is 0 Å². The van der Waals surface area contributed by atoms with E-state index < -0.39 is 0 Å². The number of likely N-dealkylation sites (N-methyl/N-ethyl adjacent to an activating group) is 1. The smallest absolute Gasteiger partial charge is 0.119 e. The van der Waals surface area contributed by atoms with Crippen molar-refractivity contribution in [1.82, 2.24) is 4.90 Å². The summed E-state index contributed by atoms with van der Waals surface area (Å²) in [6, 6.07) is 7.60. The summed E-state index contributed by atoms with van der Waals surface area (Å²) >= 11 is 0. The SMILES string of the molecule is Br.COc1ccc2c(c1)[C@@]13CCCC[C@H]1[C@@H](C2)N(C)CC3. The molecule has 2 fully saturated rings. The quantitative estimate of drug-likeness (QED) is 0.759. The van der Waals surface area contributed by atoms with Gasteiger partial charge in [-0.2, -0.15) is 0 Å². The van der Waals surface area contributed by atoms with Crippen molar-refractivity contribution in [2.45, 2.75) is 50.0 Å². The third-order valence-corrected chi connectivity index (χ3v) is 6.32. The molecule has 116 valence electrons. The molecule has 3 atom stereocenters. The molecule has 21 heavy (non-hydrogen) atoms. The number of hydrogen-bond donors (Lipinski definition) is 0. The molecule has 1 aromatic carbocycles. The first kappa shape index (κ1) is 15.4. The molecule has 0 N–H and O–H groups in total. The molecule has 4 rings (SSSR count). The molecule has 1 saturated carbocycles. The van der Waals surface area contributed by atoms with Crippen molar-refractivity contribution in [2.24, 2.45) is 5.92 Å². The zero-order valence-electron chi connectivity index (χ0n) is 13.1. The Bertz CT molecular complexity index is 532. The van der Waals surface area contributed by atoms with Crippen LogP contribution >= 0.6 is 17.0 Å². The van der Waals surface area contributed by atoms with Gasteiger partial charge in [0.25, 0.3) is 0 Å². The molecular formula is C18H26BrNO. The molecule has 1 saturated heterocycles. The van der Waals surface area contributed by atoms with Gasteiger partial charge in [0.1, 0.15) is 5.75 Å². The summed E-state index contributed by atoms with van der Waals surface area (Å²) in [7, 11) is 4.12. The van der Waals surface area contributed by atoms with E-state index in [9.17, 15) is 0 Å². The highest BCUT2D eigenvalue weighted by atomic mass is 79.9. The maximum Gasteiger partial charge on any atom is 0.119 e. The summed E-state index contributed by atoms with van der Waals surface area (Å²) in [6.07, 6.45) is 8.22. The Morgan fingerprint density at radius 3 is 2.90 bits per heavy atom. The fourth-order valence-electron chi connectivity index (χ4n) is 5.30. The average Bonchev–Trinajstić information content (AvgIpc) is 2.50. The van der Waals surface area contributed by atoms with Gasteiger partial charge in [-0.15, -0.1) is 17.0 Å². The van der Waals surface area contributed by atoms with Gasteiger partial charge in [0.05, 0.1) is 7.11 Å². The van der Waals surface area contributed by atoms with E-state index in [-0.39, 0.29) is 17.0 Å². The van der Waals surface area contributed by atoms with E-state index in [2.05, 4.69) is 30.1 Å². The van der Waals surface area contributed by atoms with Gasteiger partial charge in [-0.1, -0.05) is 18.9 Å². The van der Waals surface area contributed by atoms with Crippen LogP contribution in [0.15, 0.2) is 18.2 Å². The predicted octanol–water partition coefficient (Wildman–Crippen LogP) is 3.96. The van der Waals surface area contributed by atoms with Crippen LogP contribution in [0.3, 0.4) is 0 Å². The van der Waals surface area contributed by atoms with Gasteiger partial charge in [0.15, 0.2) is 0 Å². The standard InChI is InChI=1S/C18H25NO.BrH/c1-19-10-9-18-8-4-3-5-15(18)17(19)11-13-6-7-14(20-2)12-16(13)18;/h6-7,12,15,17H,3-5,8-11H2,1-2H3;1H/t15-,17+,18+;/m0./s1. The van der Waals surface area contributed by atoms with Crippen LogP contribution in [0.2, 0.25) is 0 Å². The molecule has 0 radical (unpaired) electrons. The highest BCUT2D eigenvalue weighted by Gasteiger charge is 2.53. The minimum atomic E-state index is 0. The lowest BCUT2D eigenvalue weighted by Crippen LogP contribution is -2.59. The molecule has 2 nitrogen and oxygen atoms in total. The highest BCUT2D eigenvalue weighted by molar-refractivity contribution is 8.93. The fraction of sp³-hybridized carbons (Fsp3) is 0.667. The minimum absolute atomic E-state index is 0. The van der Waals surface area contributed by atoms with Crippen molar-refractivity contribution < 1.29 is 4.74 Å². The Hall–Kier alpha value is -0.540. The van der Waals surface area contributed by atoms with Crippen molar-refractivity contribution in [2.75, 3.05) is 20.7 Å². The molecule has 0 spiro atoms. The van der Waals surface area contributed by atoms with E-state index >= 15 is 0 Å². The minimum Gasteiger partial charge on any atom is -0.497 e. The van der Waals surface area contributed by atoms with Crippen LogP contribution in [-0.2, 0) is 11.8 Å². The van der Waals surface area contributed by atoms with Gasteiger partial charge >= 0.3 is 0 Å². The van der Waals surface area contributed by atoms with Crippen LogP contribution in [0.25, 0.3) is 0 Å². The summed E-state index contributed by atoms with van der Waals surface area (Å²) in [5.74, 6) is 1.91. The van der Waals surface area contributed by atoms with E-state index in [1.807, 2.05) is 0 Å². The van der Waals surface area contributed by atoms with Gasteiger partial charge < -0.3 is 9.64 Å². The van der Waals surface area contributed by atoms with E-state index in [0.717, 1.165) is 17.7 Å². The van der Waals surface area contributed by atoms with E-state index in [0.29, 0.717) is 5.41 Å². The molecule has 3 aliphatic rings. The summed E-state index contributed by atoms with van der Waals surface area (Å²) in [4.78, 5) is 2.63. The first-order valence-electron chi connectivity index (χ1n) is 8.12. The molecule has 1 heterocycles. The number of halogens is 1. The number of hydrogen-bond acceptors (Lipinski definition) is 2. The molecule has 2 bridgehead atoms. The average molecular weight is 352 g/mol. The number of piperidine rings is 1. The Balaban J connectivity index is 0.00000132. The highest BCUT2D eigenvalue weighted by Crippen LogP contribution is 2.55. The van der Waals surface area contributed by atoms with E-state index in [1.165, 1.54) is 45.1 Å². The van der Waals surface area contributed by atoms with Crippen molar-refractivity contribution in [1.29, 1.82) is 0 Å². The second-order valence-corrected chi connectivity index (χ2v) is 7.03. The van der Waals surface area contributed by atoms with E-state index in [1.54, 1.807) is 18.2 Å². The zero-order valence-corrected chi connectivity index (χ0v) is 14.8. The number of benzene rings is 1. The number of likely N-dealkylation sites (tertiary alicyclic amines) is 1. The molecule has 1 aliphatic heterocycles. The molecule has 0 aromatic heterocycles. The maximum absolute atomic E-state index is 5.51. The molecular weight excluding hydrogens is 326 g/mol. The summed E-state index contributed by atoms with van der Waals surface area (Å²) < 4.78 is 5.51. The van der Waals surface area contributed by atoms with Gasteiger partial charge in [0, 0.05) is 11.5 Å². The van der Waals surface area contributed by atoms with Crippen molar-refractivity contribution in [3.8, 4) is 5.75 Å². The number of rotatable bonds is 1. The molecule has 0 amide bonds. The van der Waals surface area contributed by atoms with Gasteiger partial charge in [-0.3, -0.25) is 0 Å². The lowest BCUT2D eigenvalue weighted by molar-refractivity contribution is 0.00274. The first-order valence-corrected chi connectivity index (χ1v) is 8.12. The summed E-state index contributed by atoms with van der Waals surface area (Å²) in [5, 5.41) is 0. The number of fused-ring (bicyclic) bond motifs is 1. The lowest BCUT2D eigenvalue weighted by Gasteiger charge is -2.58. The maximum atomic E-state index is 5.51. The number of ether oxygens (including phenoxy) is 1. The van der Waals surface area contributed by atoms with Crippen molar-refractivity contribution in [3.05, 3.63) is 29.3 Å². The Morgan fingerprint density at radius 1 is 1.24 bits per heavy atom. The first-order chi connectivity index (χ1) is 9.74. The van der Waals surface area contributed by atoms with Crippen molar-refractivity contribution >= 4 is 17.0 Å². The number of nitrogens with zero attached hydrogens (tertiary/aromatic N) is 1. The van der Waals surface area contributed by atoms with Gasteiger partial charge in [0.2, 0.25) is 0 Å². The lowest BCUT2D eigenvalue weighted by atomic mass is 9.52. The zero-order chi connectivity index (χ0) is 13.7. The second kappa shape index (κ2) is 5.58. The topological polar surface area (TPSA) is 12.5 Å². The largest absolute Gasteiger partial charge is 0.497 e. The number of methoxy groups -OCH3 is 1. The van der Waals surface area contributed by atoms with Crippen LogP contribution in [0.5, 0.6) is 5.75 Å². The second-order valence-electron chi connectivity index (χ2n) is 7.03. The monoisotopic (exact) mass is 351 g/mol. The molecule has 2 aliphatic carbocycles. The Kier molecular flexibility index (Phi) is 4.08. The third kappa shape index (κ3) is 2.16. The normalized spacial score (nSPS) is 34.4. The van der Waals surface area contributed by atoms with Gasteiger partial charge in [-0.05, 0) is 68.5 Å². The summed E-state index contributed by atoms with van der Waals surface area (Å²) in [6.45, 7) is 1.26. The Labute approximate surface area is 138 Å². The van der Waals surface area contributed by atoms with Crippen LogP contribution in [0.1, 0.15) is 43.2 Å². The third-order valence-electron chi connectivity index (χ3n) is 6.32. The molecule has 3 heteroatoms. The van der Waals surface area contributed by atoms with Crippen LogP contribution in [-0.4, -0.2) is 31.6 Å². The van der Waals surface area contributed by atoms with Crippen LogP contribution in [0.4, 0.5) is 0 Å². The Morgan fingerprint density at radius 2 is 2.10 bits per heavy atom. The predicted molar refractivity (Wildman–Crippen MR) is 91.7 cm³/mol. The van der Waals surface area contributed by atoms with Gasteiger partial charge in [-0.25, -0.2) is 0 Å². The molecule has 1 aromatic rings. The fourth-order valence-corrected chi connectivity index (χ4v) is 5.30.